The fourth-order valence-corrected chi connectivity index (χ4v) is 5.39. The number of likely N-dealkylation sites (tertiary alicyclic amines) is 1. The summed E-state index contributed by atoms with van der Waals surface area (Å²) in [6, 6.07) is 10.1. The predicted octanol–water partition coefficient (Wildman–Crippen LogP) is 4.03. The molecule has 0 bridgehead atoms. The van der Waals surface area contributed by atoms with Crippen molar-refractivity contribution in [2.45, 2.75) is 38.0 Å². The summed E-state index contributed by atoms with van der Waals surface area (Å²) in [6.07, 6.45) is 6.12. The smallest absolute Gasteiger partial charge is 0.265 e. The fourth-order valence-electron chi connectivity index (χ4n) is 4.62. The van der Waals surface area contributed by atoms with Gasteiger partial charge in [-0.15, -0.1) is 11.3 Å². The molecule has 2 aromatic heterocycles. The lowest BCUT2D eigenvalue weighted by atomic mass is 9.77. The van der Waals surface area contributed by atoms with Gasteiger partial charge in [0.15, 0.2) is 5.82 Å². The summed E-state index contributed by atoms with van der Waals surface area (Å²) in [5, 5.41) is 0. The van der Waals surface area contributed by atoms with Gasteiger partial charge in [-0.3, -0.25) is 4.79 Å². The van der Waals surface area contributed by atoms with Crippen LogP contribution in [0.1, 0.15) is 45.9 Å². The van der Waals surface area contributed by atoms with Gasteiger partial charge in [-0.25, -0.2) is 15.0 Å². The molecule has 1 spiro atoms. The van der Waals surface area contributed by atoms with Gasteiger partial charge in [-0.2, -0.15) is 0 Å². The topological polar surface area (TPSA) is 59.0 Å². The van der Waals surface area contributed by atoms with Crippen molar-refractivity contribution >= 4 is 17.2 Å². The third-order valence-electron chi connectivity index (χ3n) is 6.08. The molecule has 5 rings (SSSR count). The van der Waals surface area contributed by atoms with Gasteiger partial charge < -0.3 is 4.90 Å². The highest BCUT2D eigenvalue weighted by Gasteiger charge is 2.45. The summed E-state index contributed by atoms with van der Waals surface area (Å²) in [5.41, 5.74) is 5.97. The lowest BCUT2D eigenvalue weighted by Gasteiger charge is -2.40. The maximum Gasteiger partial charge on any atom is 0.265 e. The van der Waals surface area contributed by atoms with E-state index in [2.05, 4.69) is 9.97 Å². The minimum absolute atomic E-state index is 0.0473. The van der Waals surface area contributed by atoms with Crippen molar-refractivity contribution in [3.05, 3.63) is 63.9 Å². The van der Waals surface area contributed by atoms with Crippen LogP contribution < -0.4 is 0 Å². The first-order chi connectivity index (χ1) is 13.7. The van der Waals surface area contributed by atoms with E-state index >= 15 is 0 Å². The molecule has 0 saturated carbocycles. The number of rotatable bonds is 2. The molecule has 1 unspecified atom stereocenters. The highest BCUT2D eigenvalue weighted by atomic mass is 32.1. The molecular weight excluding hydrogens is 368 g/mol. The molecular formula is C22H22N4OS. The number of benzene rings is 1. The zero-order chi connectivity index (χ0) is 19.1. The molecule has 6 heteroatoms. The van der Waals surface area contributed by atoms with E-state index in [1.165, 1.54) is 16.9 Å². The average molecular weight is 391 g/mol. The number of carbonyl (C=O) groups is 1. The van der Waals surface area contributed by atoms with E-state index in [0.717, 1.165) is 66.4 Å². The lowest BCUT2D eigenvalue weighted by Crippen LogP contribution is -2.48. The number of piperidine rings is 1. The highest BCUT2D eigenvalue weighted by molar-refractivity contribution is 7.11. The Hall–Kier alpha value is -2.60. The second kappa shape index (κ2) is 6.78. The van der Waals surface area contributed by atoms with E-state index in [4.69, 9.17) is 4.98 Å². The molecule has 0 N–H and O–H groups in total. The van der Waals surface area contributed by atoms with Crippen molar-refractivity contribution in [2.24, 2.45) is 0 Å². The van der Waals surface area contributed by atoms with Gasteiger partial charge in [0.2, 0.25) is 0 Å². The zero-order valence-electron chi connectivity index (χ0n) is 15.9. The number of hydrogen-bond donors (Lipinski definition) is 0. The molecule has 3 aromatic rings. The minimum atomic E-state index is -0.0473. The van der Waals surface area contributed by atoms with Crippen molar-refractivity contribution in [1.82, 2.24) is 19.9 Å². The molecule has 1 amide bonds. The van der Waals surface area contributed by atoms with E-state index in [-0.39, 0.29) is 11.3 Å². The van der Waals surface area contributed by atoms with Crippen molar-refractivity contribution in [2.75, 3.05) is 13.1 Å². The molecule has 1 atom stereocenters. The predicted molar refractivity (Wildman–Crippen MR) is 109 cm³/mol. The summed E-state index contributed by atoms with van der Waals surface area (Å²) in [7, 11) is 0. The van der Waals surface area contributed by atoms with Crippen LogP contribution >= 0.6 is 11.3 Å². The Morgan fingerprint density at radius 1 is 1.18 bits per heavy atom. The first-order valence-electron chi connectivity index (χ1n) is 9.77. The molecule has 1 fully saturated rings. The molecule has 5 nitrogen and oxygen atoms in total. The summed E-state index contributed by atoms with van der Waals surface area (Å²) in [5.74, 6) is 0.896. The van der Waals surface area contributed by atoms with Gasteiger partial charge in [0, 0.05) is 30.3 Å². The van der Waals surface area contributed by atoms with E-state index < -0.39 is 0 Å². The summed E-state index contributed by atoms with van der Waals surface area (Å²) in [4.78, 5) is 29.7. The second-order valence-electron chi connectivity index (χ2n) is 7.81. The van der Waals surface area contributed by atoms with Gasteiger partial charge in [0.05, 0.1) is 16.9 Å². The summed E-state index contributed by atoms with van der Waals surface area (Å²) >= 11 is 1.44. The van der Waals surface area contributed by atoms with E-state index in [1.807, 2.05) is 48.4 Å². The largest absolute Gasteiger partial charge is 0.337 e. The third-order valence-corrected chi connectivity index (χ3v) is 6.99. The first kappa shape index (κ1) is 17.5. The molecule has 1 saturated heterocycles. The average Bonchev–Trinajstić information content (AvgIpc) is 3.32. The molecule has 28 heavy (non-hydrogen) atoms. The van der Waals surface area contributed by atoms with Crippen LogP contribution in [0.3, 0.4) is 0 Å². The number of thiazole rings is 1. The van der Waals surface area contributed by atoms with Gasteiger partial charge >= 0.3 is 0 Å². The molecule has 2 aliphatic rings. The van der Waals surface area contributed by atoms with Crippen molar-refractivity contribution < 1.29 is 4.79 Å². The van der Waals surface area contributed by atoms with Gasteiger partial charge in [0.1, 0.15) is 4.88 Å². The minimum Gasteiger partial charge on any atom is -0.337 e. The number of aryl methyl sites for hydroxylation is 2. The summed E-state index contributed by atoms with van der Waals surface area (Å²) in [6.45, 7) is 3.46. The Kier molecular flexibility index (Phi) is 4.23. The monoisotopic (exact) mass is 390 g/mol. The Balaban J connectivity index is 1.49. The number of carbonyl (C=O) groups excluding carboxylic acids is 1. The number of aromatic nitrogens is 3. The van der Waals surface area contributed by atoms with Crippen LogP contribution in [0.2, 0.25) is 0 Å². The van der Waals surface area contributed by atoms with E-state index in [9.17, 15) is 4.79 Å². The van der Waals surface area contributed by atoms with E-state index in [1.54, 1.807) is 5.51 Å². The zero-order valence-corrected chi connectivity index (χ0v) is 16.7. The SMILES string of the molecule is Cc1ncsc1C(=O)N1CCCC2(CCc3cnc(-c4ccccc4)nc32)C1. The van der Waals surface area contributed by atoms with Gasteiger partial charge in [-0.05, 0) is 38.2 Å². The number of amides is 1. The lowest BCUT2D eigenvalue weighted by molar-refractivity contribution is 0.0637. The van der Waals surface area contributed by atoms with Crippen LogP contribution in [0.15, 0.2) is 42.0 Å². The van der Waals surface area contributed by atoms with Crippen LogP contribution in [0.25, 0.3) is 11.4 Å². The Morgan fingerprint density at radius 3 is 2.82 bits per heavy atom. The molecule has 3 heterocycles. The van der Waals surface area contributed by atoms with Gasteiger partial charge in [-0.1, -0.05) is 30.3 Å². The standard InChI is InChI=1S/C22H22N4OS/c1-15-18(28-14-24-15)21(27)26-11-5-9-22(13-26)10-8-17-12-23-20(25-19(17)22)16-6-3-2-4-7-16/h2-4,6-7,12,14H,5,8-11,13H2,1H3. The Bertz CT molecular complexity index is 1030. The number of hydrogen-bond acceptors (Lipinski definition) is 5. The molecule has 1 aliphatic heterocycles. The normalized spacial score (nSPS) is 21.1. The number of fused-ring (bicyclic) bond motifs is 2. The summed E-state index contributed by atoms with van der Waals surface area (Å²) < 4.78 is 0. The number of nitrogens with zero attached hydrogens (tertiary/aromatic N) is 4. The van der Waals surface area contributed by atoms with Crippen molar-refractivity contribution in [3.63, 3.8) is 0 Å². The van der Waals surface area contributed by atoms with Crippen molar-refractivity contribution in [1.29, 1.82) is 0 Å². The fraction of sp³-hybridized carbons (Fsp3) is 0.364. The van der Waals surface area contributed by atoms with Crippen LogP contribution in [-0.4, -0.2) is 38.8 Å². The maximum absolute atomic E-state index is 13.1. The molecule has 1 aromatic carbocycles. The third kappa shape index (κ3) is 2.83. The quantitative estimate of drug-likeness (QED) is 0.663. The van der Waals surface area contributed by atoms with Crippen LogP contribution in [0, 0.1) is 6.92 Å². The van der Waals surface area contributed by atoms with Crippen LogP contribution in [0.4, 0.5) is 0 Å². The van der Waals surface area contributed by atoms with Crippen LogP contribution in [-0.2, 0) is 11.8 Å². The van der Waals surface area contributed by atoms with E-state index in [0.29, 0.717) is 0 Å². The highest BCUT2D eigenvalue weighted by Crippen LogP contribution is 2.44. The van der Waals surface area contributed by atoms with Gasteiger partial charge in [0.25, 0.3) is 5.91 Å². The first-order valence-corrected chi connectivity index (χ1v) is 10.7. The molecule has 1 aliphatic carbocycles. The van der Waals surface area contributed by atoms with Crippen LogP contribution in [0.5, 0.6) is 0 Å². The molecule has 142 valence electrons. The van der Waals surface area contributed by atoms with Crippen molar-refractivity contribution in [3.8, 4) is 11.4 Å². The Labute approximate surface area is 168 Å². The maximum atomic E-state index is 13.1. The Morgan fingerprint density at radius 2 is 2.04 bits per heavy atom. The molecule has 0 radical (unpaired) electrons. The second-order valence-corrected chi connectivity index (χ2v) is 8.67.